The molecule has 182 valence electrons. The molecular formula is C27H30N4O4. The molecule has 0 spiro atoms. The summed E-state index contributed by atoms with van der Waals surface area (Å²) in [4.78, 5) is 33.7. The predicted molar refractivity (Wildman–Crippen MR) is 131 cm³/mol. The van der Waals surface area contributed by atoms with Gasteiger partial charge in [0.05, 0.1) is 43.7 Å². The SMILES string of the molecule is COc1ccc(CN2C(=O)c3ccccc3-n3cncc3C2C(=O)NC2CCCCC2)cc1OC. The van der Waals surface area contributed by atoms with Crippen molar-refractivity contribution < 1.29 is 19.1 Å². The van der Waals surface area contributed by atoms with Crippen LogP contribution in [0.1, 0.15) is 59.8 Å². The van der Waals surface area contributed by atoms with Crippen LogP contribution in [-0.4, -0.2) is 46.5 Å². The molecule has 1 fully saturated rings. The number of aromatic nitrogens is 2. The number of methoxy groups -OCH3 is 2. The molecule has 1 aliphatic carbocycles. The molecule has 2 heterocycles. The van der Waals surface area contributed by atoms with Crippen molar-refractivity contribution >= 4 is 11.8 Å². The summed E-state index contributed by atoms with van der Waals surface area (Å²) in [6.07, 6.45) is 8.68. The standard InChI is InChI=1S/C27H30N4O4/c1-34-23-13-12-18(14-24(23)35-2)16-30-25(26(32)29-19-8-4-3-5-9-19)22-15-28-17-31(22)21-11-7-6-10-20(21)27(30)33/h6-7,10-15,17,19,25H,3-5,8-9,16H2,1-2H3,(H,29,32). The lowest BCUT2D eigenvalue weighted by Gasteiger charge is -2.32. The van der Waals surface area contributed by atoms with Gasteiger partial charge in [-0.3, -0.25) is 14.2 Å². The summed E-state index contributed by atoms with van der Waals surface area (Å²) >= 11 is 0. The first kappa shape index (κ1) is 23.0. The van der Waals surface area contributed by atoms with Gasteiger partial charge in [-0.2, -0.15) is 0 Å². The number of hydrogen-bond donors (Lipinski definition) is 1. The van der Waals surface area contributed by atoms with Gasteiger partial charge >= 0.3 is 0 Å². The minimum absolute atomic E-state index is 0.122. The maximum atomic E-state index is 13.9. The third kappa shape index (κ3) is 4.36. The molecule has 2 amide bonds. The second kappa shape index (κ2) is 9.82. The smallest absolute Gasteiger partial charge is 0.257 e. The highest BCUT2D eigenvalue weighted by molar-refractivity contribution is 6.01. The van der Waals surface area contributed by atoms with Gasteiger partial charge in [0.1, 0.15) is 0 Å². The van der Waals surface area contributed by atoms with Crippen molar-refractivity contribution in [1.82, 2.24) is 19.8 Å². The van der Waals surface area contributed by atoms with Crippen LogP contribution in [0.3, 0.4) is 0 Å². The summed E-state index contributed by atoms with van der Waals surface area (Å²) in [6.45, 7) is 0.224. The number of ether oxygens (including phenoxy) is 2. The summed E-state index contributed by atoms with van der Waals surface area (Å²) < 4.78 is 12.7. The molecule has 3 aromatic rings. The molecule has 1 saturated carbocycles. The van der Waals surface area contributed by atoms with Crippen molar-refractivity contribution in [3.8, 4) is 17.2 Å². The van der Waals surface area contributed by atoms with Gasteiger partial charge in [0.2, 0.25) is 5.91 Å². The number of hydrogen-bond acceptors (Lipinski definition) is 5. The summed E-state index contributed by atoms with van der Waals surface area (Å²) in [5, 5.41) is 3.23. The van der Waals surface area contributed by atoms with Gasteiger partial charge in [0.25, 0.3) is 5.91 Å². The van der Waals surface area contributed by atoms with Gasteiger partial charge in [-0.1, -0.05) is 37.5 Å². The van der Waals surface area contributed by atoms with E-state index in [0.717, 1.165) is 36.9 Å². The zero-order valence-corrected chi connectivity index (χ0v) is 20.1. The van der Waals surface area contributed by atoms with Crippen molar-refractivity contribution in [3.63, 3.8) is 0 Å². The third-order valence-electron chi connectivity index (χ3n) is 6.91. The first-order chi connectivity index (χ1) is 17.1. The third-order valence-corrected chi connectivity index (χ3v) is 6.91. The molecular weight excluding hydrogens is 444 g/mol. The van der Waals surface area contributed by atoms with Crippen LogP contribution >= 0.6 is 0 Å². The van der Waals surface area contributed by atoms with Crippen LogP contribution in [0.5, 0.6) is 11.5 Å². The number of nitrogens with zero attached hydrogens (tertiary/aromatic N) is 3. The Morgan fingerprint density at radius 2 is 1.83 bits per heavy atom. The lowest BCUT2D eigenvalue weighted by atomic mass is 9.95. The fraction of sp³-hybridized carbons (Fsp3) is 0.370. The lowest BCUT2D eigenvalue weighted by Crippen LogP contribution is -2.46. The molecule has 5 rings (SSSR count). The van der Waals surface area contributed by atoms with Crippen LogP contribution in [0, 0.1) is 0 Å². The highest BCUT2D eigenvalue weighted by Gasteiger charge is 2.39. The molecule has 0 radical (unpaired) electrons. The summed E-state index contributed by atoms with van der Waals surface area (Å²) in [5.41, 5.74) is 2.74. The van der Waals surface area contributed by atoms with Gasteiger partial charge in [-0.15, -0.1) is 0 Å². The first-order valence-corrected chi connectivity index (χ1v) is 12.0. The molecule has 1 atom stereocenters. The van der Waals surface area contributed by atoms with Crippen LogP contribution in [0.15, 0.2) is 55.0 Å². The van der Waals surface area contributed by atoms with Crippen LogP contribution in [-0.2, 0) is 11.3 Å². The average Bonchev–Trinajstić information content (AvgIpc) is 3.34. The molecule has 2 aromatic carbocycles. The Bertz CT molecular complexity index is 1230. The largest absolute Gasteiger partial charge is 0.493 e. The highest BCUT2D eigenvalue weighted by Crippen LogP contribution is 2.35. The van der Waals surface area contributed by atoms with Crippen LogP contribution < -0.4 is 14.8 Å². The average molecular weight is 475 g/mol. The molecule has 0 bridgehead atoms. The summed E-state index contributed by atoms with van der Waals surface area (Å²) in [5.74, 6) is 0.789. The van der Waals surface area contributed by atoms with Crippen LogP contribution in [0.4, 0.5) is 0 Å². The Labute approximate surface area is 204 Å². The Morgan fingerprint density at radius 3 is 2.60 bits per heavy atom. The summed E-state index contributed by atoms with van der Waals surface area (Å²) in [7, 11) is 3.16. The van der Waals surface area contributed by atoms with E-state index >= 15 is 0 Å². The fourth-order valence-electron chi connectivity index (χ4n) is 5.15. The molecule has 1 aromatic heterocycles. The summed E-state index contributed by atoms with van der Waals surface area (Å²) in [6, 6.07) is 12.2. The number of amides is 2. The number of benzene rings is 2. The van der Waals surface area contributed by atoms with Crippen molar-refractivity contribution in [1.29, 1.82) is 0 Å². The van der Waals surface area contributed by atoms with Crippen LogP contribution in [0.2, 0.25) is 0 Å². The van der Waals surface area contributed by atoms with Gasteiger partial charge in [0.15, 0.2) is 17.5 Å². The van der Waals surface area contributed by atoms with Gasteiger partial charge < -0.3 is 19.7 Å². The molecule has 1 N–H and O–H groups in total. The van der Waals surface area contributed by atoms with Crippen molar-refractivity contribution in [3.05, 3.63) is 71.8 Å². The van der Waals surface area contributed by atoms with E-state index in [-0.39, 0.29) is 24.4 Å². The Kier molecular flexibility index (Phi) is 6.44. The van der Waals surface area contributed by atoms with Crippen LogP contribution in [0.25, 0.3) is 5.69 Å². The van der Waals surface area contributed by atoms with E-state index in [2.05, 4.69) is 10.3 Å². The maximum Gasteiger partial charge on any atom is 0.257 e. The van der Waals surface area contributed by atoms with E-state index in [0.29, 0.717) is 22.8 Å². The zero-order chi connectivity index (χ0) is 24.4. The first-order valence-electron chi connectivity index (χ1n) is 12.0. The fourth-order valence-corrected chi connectivity index (χ4v) is 5.15. The number of nitrogens with one attached hydrogen (secondary N) is 1. The van der Waals surface area contributed by atoms with E-state index in [4.69, 9.17) is 9.47 Å². The van der Waals surface area contributed by atoms with Gasteiger partial charge in [-0.05, 0) is 42.7 Å². The Morgan fingerprint density at radius 1 is 1.06 bits per heavy atom. The number of imidazole rings is 1. The van der Waals surface area contributed by atoms with Crippen molar-refractivity contribution in [2.24, 2.45) is 0 Å². The maximum absolute atomic E-state index is 13.9. The molecule has 2 aliphatic rings. The number of rotatable bonds is 6. The Hall–Kier alpha value is -3.81. The number of fused-ring (bicyclic) bond motifs is 3. The minimum atomic E-state index is -0.826. The van der Waals surface area contributed by atoms with E-state index in [1.54, 1.807) is 37.7 Å². The van der Waals surface area contributed by atoms with E-state index < -0.39 is 6.04 Å². The van der Waals surface area contributed by atoms with Crippen molar-refractivity contribution in [2.45, 2.75) is 50.7 Å². The van der Waals surface area contributed by atoms with Crippen molar-refractivity contribution in [2.75, 3.05) is 14.2 Å². The highest BCUT2D eigenvalue weighted by atomic mass is 16.5. The number of carbonyl (C=O) groups excluding carboxylic acids is 2. The zero-order valence-electron chi connectivity index (χ0n) is 20.1. The number of para-hydroxylation sites is 1. The Balaban J connectivity index is 1.57. The predicted octanol–water partition coefficient (Wildman–Crippen LogP) is 4.04. The molecule has 35 heavy (non-hydrogen) atoms. The minimum Gasteiger partial charge on any atom is -0.493 e. The van der Waals surface area contributed by atoms with E-state index in [9.17, 15) is 9.59 Å². The molecule has 8 heteroatoms. The van der Waals surface area contributed by atoms with E-state index in [1.807, 2.05) is 41.0 Å². The second-order valence-corrected chi connectivity index (χ2v) is 9.07. The molecule has 8 nitrogen and oxygen atoms in total. The molecule has 1 unspecified atom stereocenters. The normalized spacial score (nSPS) is 17.8. The van der Waals surface area contributed by atoms with E-state index in [1.165, 1.54) is 6.42 Å². The van der Waals surface area contributed by atoms with Gasteiger partial charge in [0, 0.05) is 12.6 Å². The second-order valence-electron chi connectivity index (χ2n) is 9.07. The molecule has 0 saturated heterocycles. The topological polar surface area (TPSA) is 85.7 Å². The molecule has 1 aliphatic heterocycles. The quantitative estimate of drug-likeness (QED) is 0.583. The monoisotopic (exact) mass is 474 g/mol. The van der Waals surface area contributed by atoms with Gasteiger partial charge in [-0.25, -0.2) is 4.98 Å². The number of carbonyl (C=O) groups is 2. The lowest BCUT2D eigenvalue weighted by molar-refractivity contribution is -0.127.